The number of aromatic amines is 1. The summed E-state index contributed by atoms with van der Waals surface area (Å²) in [5.74, 6) is 3.30. The van der Waals surface area contributed by atoms with E-state index in [-0.39, 0.29) is 12.0 Å². The van der Waals surface area contributed by atoms with E-state index >= 15 is 0 Å². The summed E-state index contributed by atoms with van der Waals surface area (Å²) in [6.45, 7) is 9.02. The number of amides is 1. The molecule has 190 valence electrons. The van der Waals surface area contributed by atoms with Crippen LogP contribution in [0.3, 0.4) is 0 Å². The molecule has 2 N–H and O–H groups in total. The van der Waals surface area contributed by atoms with E-state index in [0.29, 0.717) is 30.5 Å². The van der Waals surface area contributed by atoms with E-state index in [1.807, 2.05) is 31.2 Å². The van der Waals surface area contributed by atoms with Crippen LogP contribution in [0.15, 0.2) is 36.4 Å². The number of nitrogens with one attached hydrogen (secondary N) is 2. The molecule has 0 aliphatic heterocycles. The monoisotopic (exact) mass is 490 g/mol. The third-order valence-electron chi connectivity index (χ3n) is 5.78. The predicted molar refractivity (Wildman–Crippen MR) is 138 cm³/mol. The van der Waals surface area contributed by atoms with Crippen molar-refractivity contribution in [1.82, 2.24) is 35.2 Å². The number of aromatic nitrogens is 7. The fourth-order valence-corrected chi connectivity index (χ4v) is 4.10. The molecule has 10 heteroatoms. The van der Waals surface area contributed by atoms with Crippen molar-refractivity contribution in [2.45, 2.75) is 72.4 Å². The van der Waals surface area contributed by atoms with Crippen LogP contribution in [0.5, 0.6) is 5.75 Å². The number of rotatable bonds is 12. The van der Waals surface area contributed by atoms with Gasteiger partial charge in [0.05, 0.1) is 6.54 Å². The van der Waals surface area contributed by atoms with Crippen molar-refractivity contribution in [3.63, 3.8) is 0 Å². The van der Waals surface area contributed by atoms with E-state index in [4.69, 9.17) is 14.7 Å². The van der Waals surface area contributed by atoms with Crippen molar-refractivity contribution in [3.8, 4) is 5.75 Å². The van der Waals surface area contributed by atoms with Gasteiger partial charge >= 0.3 is 0 Å². The molecule has 10 nitrogen and oxygen atoms in total. The summed E-state index contributed by atoms with van der Waals surface area (Å²) >= 11 is 0. The van der Waals surface area contributed by atoms with Crippen molar-refractivity contribution >= 4 is 22.9 Å². The zero-order chi connectivity index (χ0) is 25.5. The molecule has 0 bridgehead atoms. The van der Waals surface area contributed by atoms with E-state index in [1.54, 1.807) is 0 Å². The van der Waals surface area contributed by atoms with E-state index in [1.165, 1.54) is 0 Å². The number of tetrazole rings is 1. The summed E-state index contributed by atoms with van der Waals surface area (Å²) in [5, 5.41) is 17.1. The average molecular weight is 491 g/mol. The molecule has 1 aromatic carbocycles. The van der Waals surface area contributed by atoms with Crippen LogP contribution >= 0.6 is 0 Å². The first kappa shape index (κ1) is 25.3. The topological polar surface area (TPSA) is 124 Å². The van der Waals surface area contributed by atoms with Gasteiger partial charge in [-0.1, -0.05) is 39.8 Å². The van der Waals surface area contributed by atoms with Crippen LogP contribution in [0.25, 0.3) is 11.2 Å². The van der Waals surface area contributed by atoms with E-state index in [0.717, 1.165) is 54.0 Å². The number of anilines is 1. The van der Waals surface area contributed by atoms with Crippen molar-refractivity contribution in [2.75, 3.05) is 5.32 Å². The summed E-state index contributed by atoms with van der Waals surface area (Å²) in [7, 11) is 0. The molecule has 0 saturated heterocycles. The van der Waals surface area contributed by atoms with Gasteiger partial charge in [-0.3, -0.25) is 4.79 Å². The maximum atomic E-state index is 12.1. The van der Waals surface area contributed by atoms with Gasteiger partial charge in [-0.15, -0.1) is 5.10 Å². The molecule has 0 aliphatic carbocycles. The zero-order valence-electron chi connectivity index (χ0n) is 21.4. The van der Waals surface area contributed by atoms with Gasteiger partial charge in [-0.25, -0.2) is 15.1 Å². The van der Waals surface area contributed by atoms with Gasteiger partial charge in [0.15, 0.2) is 17.6 Å². The lowest BCUT2D eigenvalue weighted by Gasteiger charge is -2.18. The highest BCUT2D eigenvalue weighted by molar-refractivity contribution is 5.90. The second-order valence-electron chi connectivity index (χ2n) is 9.37. The summed E-state index contributed by atoms with van der Waals surface area (Å²) in [4.78, 5) is 21.6. The Bertz CT molecular complexity index is 1270. The molecular formula is C26H34N8O2. The van der Waals surface area contributed by atoms with Crippen LogP contribution in [-0.2, 0) is 17.8 Å². The fourth-order valence-electron chi connectivity index (χ4n) is 4.10. The zero-order valence-corrected chi connectivity index (χ0v) is 21.4. The number of fused-ring (bicyclic) bond motifs is 1. The predicted octanol–water partition coefficient (Wildman–Crippen LogP) is 4.85. The lowest BCUT2D eigenvalue weighted by molar-refractivity contribution is -0.116. The molecule has 1 amide bonds. The standard InChI is InChI=1S/C26H34N8O2/c1-5-7-23-27-20-13-14-22(28-24(35)8-6-2)29-26(20)34(23)16-18-9-11-19(12-10-18)36-21(15-17(3)4)25-30-32-33-31-25/h9-14,17,21H,5-8,15-16H2,1-4H3,(H,28,29,35)(H,30,31,32,33). The minimum atomic E-state index is -0.245. The van der Waals surface area contributed by atoms with Crippen LogP contribution in [0.2, 0.25) is 0 Å². The minimum absolute atomic E-state index is 0.0309. The minimum Gasteiger partial charge on any atom is -0.482 e. The Hall–Kier alpha value is -3.82. The molecule has 4 rings (SSSR count). The molecule has 3 aromatic heterocycles. The number of imidazole rings is 1. The molecule has 0 aliphatic rings. The number of H-pyrrole nitrogens is 1. The summed E-state index contributed by atoms with van der Waals surface area (Å²) in [6, 6.07) is 11.8. The Balaban J connectivity index is 1.55. The van der Waals surface area contributed by atoms with Gasteiger partial charge in [0.2, 0.25) is 5.91 Å². The number of carbonyl (C=O) groups excluding carboxylic acids is 1. The van der Waals surface area contributed by atoms with Crippen molar-refractivity contribution in [2.24, 2.45) is 5.92 Å². The molecule has 4 aromatic rings. The lowest BCUT2D eigenvalue weighted by Crippen LogP contribution is -2.13. The first-order valence-electron chi connectivity index (χ1n) is 12.6. The van der Waals surface area contributed by atoms with Gasteiger partial charge in [-0.2, -0.15) is 0 Å². The third kappa shape index (κ3) is 6.24. The van der Waals surface area contributed by atoms with Crippen molar-refractivity contribution in [3.05, 3.63) is 53.6 Å². The maximum Gasteiger partial charge on any atom is 0.225 e. The number of aryl methyl sites for hydroxylation is 1. The summed E-state index contributed by atoms with van der Waals surface area (Å²) < 4.78 is 8.35. The normalized spacial score (nSPS) is 12.2. The number of carbonyl (C=O) groups is 1. The maximum absolute atomic E-state index is 12.1. The Kier molecular flexibility index (Phi) is 8.24. The van der Waals surface area contributed by atoms with Crippen molar-refractivity contribution < 1.29 is 9.53 Å². The van der Waals surface area contributed by atoms with Gasteiger partial charge in [0.25, 0.3) is 0 Å². The number of hydrogen-bond acceptors (Lipinski definition) is 7. The molecule has 1 atom stereocenters. The first-order chi connectivity index (χ1) is 17.5. The molecule has 36 heavy (non-hydrogen) atoms. The van der Waals surface area contributed by atoms with Gasteiger partial charge < -0.3 is 14.6 Å². The van der Waals surface area contributed by atoms with E-state index in [9.17, 15) is 4.79 Å². The summed E-state index contributed by atoms with van der Waals surface area (Å²) in [6.07, 6.45) is 3.63. The molecule has 0 fully saturated rings. The van der Waals surface area contributed by atoms with E-state index < -0.39 is 0 Å². The van der Waals surface area contributed by atoms with Crippen LogP contribution in [0, 0.1) is 5.92 Å². The van der Waals surface area contributed by atoms with Gasteiger partial charge in [0, 0.05) is 12.8 Å². The van der Waals surface area contributed by atoms with Crippen LogP contribution in [0.4, 0.5) is 5.82 Å². The highest BCUT2D eigenvalue weighted by Gasteiger charge is 2.19. The second kappa shape index (κ2) is 11.7. The Morgan fingerprint density at radius 1 is 1.08 bits per heavy atom. The fraction of sp³-hybridized carbons (Fsp3) is 0.462. The van der Waals surface area contributed by atoms with Gasteiger partial charge in [0.1, 0.15) is 22.9 Å². The Labute approximate surface area is 210 Å². The quantitative estimate of drug-likeness (QED) is 0.291. The van der Waals surface area contributed by atoms with E-state index in [2.05, 4.69) is 63.4 Å². The molecule has 3 heterocycles. The Morgan fingerprint density at radius 2 is 1.89 bits per heavy atom. The number of nitrogens with zero attached hydrogens (tertiary/aromatic N) is 6. The first-order valence-corrected chi connectivity index (χ1v) is 12.6. The van der Waals surface area contributed by atoms with Gasteiger partial charge in [-0.05, 0) is 65.4 Å². The third-order valence-corrected chi connectivity index (χ3v) is 5.78. The molecule has 0 spiro atoms. The molecular weight excluding hydrogens is 456 g/mol. The number of benzene rings is 1. The average Bonchev–Trinajstić information content (AvgIpc) is 3.49. The SMILES string of the molecule is CCCC(=O)Nc1ccc2nc(CCC)n(Cc3ccc(OC(CC(C)C)c4nnn[nH]4)cc3)c2n1. The molecule has 0 saturated carbocycles. The number of pyridine rings is 1. The van der Waals surface area contributed by atoms with Crippen LogP contribution < -0.4 is 10.1 Å². The number of ether oxygens (including phenoxy) is 1. The van der Waals surface area contributed by atoms with Crippen LogP contribution in [0.1, 0.15) is 76.7 Å². The summed E-state index contributed by atoms with van der Waals surface area (Å²) in [5.41, 5.74) is 2.69. The smallest absolute Gasteiger partial charge is 0.225 e. The van der Waals surface area contributed by atoms with Crippen LogP contribution in [-0.4, -0.2) is 41.1 Å². The largest absolute Gasteiger partial charge is 0.482 e. The molecule has 0 radical (unpaired) electrons. The highest BCUT2D eigenvalue weighted by Crippen LogP contribution is 2.26. The van der Waals surface area contributed by atoms with Crippen molar-refractivity contribution in [1.29, 1.82) is 0 Å². The Morgan fingerprint density at radius 3 is 2.56 bits per heavy atom. The number of hydrogen-bond donors (Lipinski definition) is 2. The highest BCUT2D eigenvalue weighted by atomic mass is 16.5. The lowest BCUT2D eigenvalue weighted by atomic mass is 10.1. The molecule has 1 unspecified atom stereocenters. The second-order valence-corrected chi connectivity index (χ2v) is 9.37.